The van der Waals surface area contributed by atoms with Crippen molar-refractivity contribution in [3.63, 3.8) is 0 Å². The maximum absolute atomic E-state index is 13.5. The van der Waals surface area contributed by atoms with E-state index in [0.29, 0.717) is 22.0 Å². The maximum Gasteiger partial charge on any atom is 0.267 e. The fourth-order valence-electron chi connectivity index (χ4n) is 3.41. The van der Waals surface area contributed by atoms with Crippen LogP contribution in [0.2, 0.25) is 0 Å². The number of amides is 1. The molecule has 0 spiro atoms. The van der Waals surface area contributed by atoms with Gasteiger partial charge in [0, 0.05) is 4.88 Å². The molecule has 1 N–H and O–H groups in total. The normalized spacial score (nSPS) is 12.6. The molecule has 4 rings (SSSR count). The predicted molar refractivity (Wildman–Crippen MR) is 116 cm³/mol. The molecule has 1 aromatic carbocycles. The third kappa shape index (κ3) is 3.76. The van der Waals surface area contributed by atoms with Crippen LogP contribution in [-0.2, 0) is 17.6 Å². The van der Waals surface area contributed by atoms with E-state index in [-0.39, 0.29) is 23.8 Å². The molecule has 0 aliphatic heterocycles. The highest BCUT2D eigenvalue weighted by atomic mass is 32.2. The molecule has 29 heavy (non-hydrogen) atoms. The molecule has 8 heteroatoms. The number of thioether (sulfide) groups is 1. The van der Waals surface area contributed by atoms with E-state index in [2.05, 4.69) is 11.2 Å². The average Bonchev–Trinajstić information content (AvgIpc) is 3.31. The van der Waals surface area contributed by atoms with Crippen molar-refractivity contribution in [1.82, 2.24) is 14.9 Å². The van der Waals surface area contributed by atoms with E-state index in [0.717, 1.165) is 29.7 Å². The Hall–Kier alpha value is -2.76. The van der Waals surface area contributed by atoms with Crippen molar-refractivity contribution in [2.24, 2.45) is 0 Å². The third-order valence-corrected chi connectivity index (χ3v) is 6.88. The number of thiophene rings is 1. The van der Waals surface area contributed by atoms with E-state index < -0.39 is 0 Å². The molecule has 0 atom stereocenters. The van der Waals surface area contributed by atoms with Gasteiger partial charge < -0.3 is 10.1 Å². The molecular formula is C21H19N3O3S2. The summed E-state index contributed by atoms with van der Waals surface area (Å²) in [6, 6.07) is 7.25. The van der Waals surface area contributed by atoms with Gasteiger partial charge in [-0.3, -0.25) is 14.2 Å². The number of methoxy groups -OCH3 is 1. The van der Waals surface area contributed by atoms with E-state index in [1.54, 1.807) is 35.1 Å². The summed E-state index contributed by atoms with van der Waals surface area (Å²) in [6.45, 7) is 0.175. The summed E-state index contributed by atoms with van der Waals surface area (Å²) >= 11 is 2.81. The Labute approximate surface area is 176 Å². The third-order valence-electron chi connectivity index (χ3n) is 4.76. The molecule has 1 amide bonds. The lowest BCUT2D eigenvalue weighted by atomic mass is 10.2. The molecule has 1 aliphatic rings. The van der Waals surface area contributed by atoms with Gasteiger partial charge in [0.2, 0.25) is 5.91 Å². The summed E-state index contributed by atoms with van der Waals surface area (Å²) in [5, 5.41) is 3.83. The van der Waals surface area contributed by atoms with Crippen molar-refractivity contribution in [2.45, 2.75) is 24.4 Å². The number of hydrogen-bond donors (Lipinski definition) is 1. The summed E-state index contributed by atoms with van der Waals surface area (Å²) in [5.74, 6) is 3.01. The Balaban J connectivity index is 1.80. The van der Waals surface area contributed by atoms with Gasteiger partial charge in [-0.05, 0) is 49.1 Å². The minimum absolute atomic E-state index is 0.0916. The van der Waals surface area contributed by atoms with Crippen LogP contribution in [0, 0.1) is 12.3 Å². The summed E-state index contributed by atoms with van der Waals surface area (Å²) in [7, 11) is 1.60. The highest BCUT2D eigenvalue weighted by Crippen LogP contribution is 2.36. The Morgan fingerprint density at radius 1 is 1.38 bits per heavy atom. The number of ether oxygens (including phenoxy) is 1. The Morgan fingerprint density at radius 3 is 2.90 bits per heavy atom. The van der Waals surface area contributed by atoms with Crippen LogP contribution in [-0.4, -0.2) is 34.9 Å². The number of rotatable bonds is 6. The fourth-order valence-corrected chi connectivity index (χ4v) is 5.56. The predicted octanol–water partition coefficient (Wildman–Crippen LogP) is 2.79. The van der Waals surface area contributed by atoms with Crippen molar-refractivity contribution >= 4 is 39.2 Å². The van der Waals surface area contributed by atoms with Crippen molar-refractivity contribution in [1.29, 1.82) is 0 Å². The van der Waals surface area contributed by atoms with Crippen LogP contribution < -0.4 is 15.6 Å². The second kappa shape index (κ2) is 8.31. The van der Waals surface area contributed by atoms with E-state index in [9.17, 15) is 9.59 Å². The highest BCUT2D eigenvalue weighted by Gasteiger charge is 2.24. The topological polar surface area (TPSA) is 73.2 Å². The van der Waals surface area contributed by atoms with Crippen LogP contribution in [0.4, 0.5) is 0 Å². The number of aromatic nitrogens is 2. The van der Waals surface area contributed by atoms with Crippen LogP contribution >= 0.6 is 23.1 Å². The molecule has 2 aromatic heterocycles. The SMILES string of the molecule is C#CCNC(=O)CSc1nc2sc3c(c2c(=O)n1-c1ccc(OC)cc1)CCC3. The van der Waals surface area contributed by atoms with Gasteiger partial charge in [-0.25, -0.2) is 4.98 Å². The number of carbonyl (C=O) groups is 1. The Morgan fingerprint density at radius 2 is 2.17 bits per heavy atom. The first-order valence-electron chi connectivity index (χ1n) is 9.17. The van der Waals surface area contributed by atoms with Gasteiger partial charge >= 0.3 is 0 Å². The number of aryl methyl sites for hydroxylation is 2. The second-order valence-electron chi connectivity index (χ2n) is 6.54. The zero-order valence-corrected chi connectivity index (χ0v) is 17.5. The Bertz CT molecular complexity index is 1170. The number of nitrogens with one attached hydrogen (secondary N) is 1. The summed E-state index contributed by atoms with van der Waals surface area (Å²) in [5.41, 5.74) is 1.73. The minimum Gasteiger partial charge on any atom is -0.497 e. The van der Waals surface area contributed by atoms with E-state index >= 15 is 0 Å². The molecule has 3 aromatic rings. The van der Waals surface area contributed by atoms with Gasteiger partial charge in [-0.15, -0.1) is 17.8 Å². The van der Waals surface area contributed by atoms with Gasteiger partial charge in [-0.2, -0.15) is 0 Å². The van der Waals surface area contributed by atoms with Gasteiger partial charge in [-0.1, -0.05) is 17.7 Å². The van der Waals surface area contributed by atoms with Crippen molar-refractivity contribution in [3.8, 4) is 23.8 Å². The largest absolute Gasteiger partial charge is 0.497 e. The second-order valence-corrected chi connectivity index (χ2v) is 8.57. The molecule has 6 nitrogen and oxygen atoms in total. The first-order valence-corrected chi connectivity index (χ1v) is 11.0. The molecule has 0 radical (unpaired) electrons. The summed E-state index contributed by atoms with van der Waals surface area (Å²) < 4.78 is 6.81. The number of fused-ring (bicyclic) bond motifs is 3. The number of carbonyl (C=O) groups excluding carboxylic acids is 1. The van der Waals surface area contributed by atoms with Gasteiger partial charge in [0.1, 0.15) is 10.6 Å². The van der Waals surface area contributed by atoms with Crippen LogP contribution in [0.1, 0.15) is 16.9 Å². The first-order chi connectivity index (χ1) is 14.1. The van der Waals surface area contributed by atoms with E-state index in [1.165, 1.54) is 16.6 Å². The van der Waals surface area contributed by atoms with Crippen LogP contribution in [0.3, 0.4) is 0 Å². The molecule has 148 valence electrons. The smallest absolute Gasteiger partial charge is 0.267 e. The number of benzene rings is 1. The number of hydrogen-bond acceptors (Lipinski definition) is 6. The molecule has 0 saturated carbocycles. The van der Waals surface area contributed by atoms with Crippen LogP contribution in [0.15, 0.2) is 34.2 Å². The lowest BCUT2D eigenvalue weighted by Crippen LogP contribution is -2.26. The van der Waals surface area contributed by atoms with E-state index in [4.69, 9.17) is 16.1 Å². The van der Waals surface area contributed by atoms with Crippen molar-refractivity contribution < 1.29 is 9.53 Å². The average molecular weight is 426 g/mol. The standard InChI is InChI=1S/C21H19N3O3S2/c1-3-11-22-17(25)12-28-21-23-19-18(15-5-4-6-16(15)29-19)20(26)24(21)13-7-9-14(27-2)10-8-13/h1,7-10H,4-6,11-12H2,2H3,(H,22,25). The van der Waals surface area contributed by atoms with Gasteiger partial charge in [0.25, 0.3) is 5.56 Å². The quantitative estimate of drug-likeness (QED) is 0.374. The summed E-state index contributed by atoms with van der Waals surface area (Å²) in [4.78, 5) is 32.3. The monoisotopic (exact) mass is 425 g/mol. The molecule has 1 aliphatic carbocycles. The van der Waals surface area contributed by atoms with Crippen LogP contribution in [0.5, 0.6) is 5.75 Å². The molecule has 2 heterocycles. The lowest BCUT2D eigenvalue weighted by molar-refractivity contribution is -0.118. The first kappa shape index (κ1) is 19.6. The van der Waals surface area contributed by atoms with E-state index in [1.807, 2.05) is 12.1 Å². The Kier molecular flexibility index (Phi) is 5.60. The maximum atomic E-state index is 13.5. The van der Waals surface area contributed by atoms with Crippen LogP contribution in [0.25, 0.3) is 15.9 Å². The van der Waals surface area contributed by atoms with Crippen molar-refractivity contribution in [2.75, 3.05) is 19.4 Å². The zero-order valence-electron chi connectivity index (χ0n) is 15.9. The van der Waals surface area contributed by atoms with Gasteiger partial charge in [0.05, 0.1) is 30.5 Å². The molecule has 0 saturated heterocycles. The molecular weight excluding hydrogens is 406 g/mol. The zero-order chi connectivity index (χ0) is 20.4. The molecule has 0 bridgehead atoms. The summed E-state index contributed by atoms with van der Waals surface area (Å²) in [6.07, 6.45) is 8.17. The van der Waals surface area contributed by atoms with Gasteiger partial charge in [0.15, 0.2) is 5.16 Å². The number of nitrogens with zero attached hydrogens (tertiary/aromatic N) is 2. The molecule has 0 fully saturated rings. The highest BCUT2D eigenvalue weighted by molar-refractivity contribution is 7.99. The molecule has 0 unspecified atom stereocenters. The minimum atomic E-state index is -0.197. The lowest BCUT2D eigenvalue weighted by Gasteiger charge is -2.13. The fraction of sp³-hybridized carbons (Fsp3) is 0.286. The van der Waals surface area contributed by atoms with Crippen molar-refractivity contribution in [3.05, 3.63) is 45.1 Å². The number of terminal acetylenes is 1.